The lowest BCUT2D eigenvalue weighted by molar-refractivity contribution is 0.419. The number of para-hydroxylation sites is 1. The molecule has 17 heavy (non-hydrogen) atoms. The van der Waals surface area contributed by atoms with E-state index in [1.165, 1.54) is 16.6 Å². The molecule has 2 rings (SSSR count). The summed E-state index contributed by atoms with van der Waals surface area (Å²) in [7, 11) is 1.69. The van der Waals surface area contributed by atoms with E-state index in [1.54, 1.807) is 7.11 Å². The third-order valence-corrected chi connectivity index (χ3v) is 3.39. The minimum absolute atomic E-state index is 0.0330. The smallest absolute Gasteiger partial charge is 0.142 e. The van der Waals surface area contributed by atoms with Gasteiger partial charge in [-0.25, -0.2) is 0 Å². The van der Waals surface area contributed by atoms with E-state index in [0.29, 0.717) is 6.54 Å². The van der Waals surface area contributed by atoms with Crippen molar-refractivity contribution in [1.29, 1.82) is 0 Å². The molecular formula is C14H20N2O. The molecule has 1 aromatic heterocycles. The molecule has 0 radical (unpaired) electrons. The molecule has 0 saturated carbocycles. The number of aromatic amines is 1. The second kappa shape index (κ2) is 4.08. The van der Waals surface area contributed by atoms with Crippen molar-refractivity contribution in [1.82, 2.24) is 4.98 Å². The Bertz CT molecular complexity index is 540. The van der Waals surface area contributed by atoms with Crippen LogP contribution in [0.5, 0.6) is 5.75 Å². The average molecular weight is 232 g/mol. The highest BCUT2D eigenvalue weighted by Gasteiger charge is 2.25. The Labute approximate surface area is 102 Å². The topological polar surface area (TPSA) is 51.0 Å². The molecule has 0 amide bonds. The summed E-state index contributed by atoms with van der Waals surface area (Å²) >= 11 is 0. The van der Waals surface area contributed by atoms with Gasteiger partial charge >= 0.3 is 0 Å². The number of aryl methyl sites for hydroxylation is 1. The van der Waals surface area contributed by atoms with Crippen molar-refractivity contribution in [2.24, 2.45) is 5.73 Å². The van der Waals surface area contributed by atoms with Gasteiger partial charge in [-0.2, -0.15) is 0 Å². The third kappa shape index (κ3) is 1.80. The van der Waals surface area contributed by atoms with E-state index in [1.807, 2.05) is 12.1 Å². The number of nitrogens with one attached hydrogen (secondary N) is 1. The lowest BCUT2D eigenvalue weighted by Gasteiger charge is -2.23. The summed E-state index contributed by atoms with van der Waals surface area (Å²) in [4.78, 5) is 3.41. The maximum atomic E-state index is 5.88. The number of methoxy groups -OCH3 is 1. The van der Waals surface area contributed by atoms with Crippen LogP contribution in [-0.2, 0) is 5.41 Å². The summed E-state index contributed by atoms with van der Waals surface area (Å²) in [6.07, 6.45) is 0. The molecule has 0 saturated heterocycles. The van der Waals surface area contributed by atoms with Crippen LogP contribution in [0.15, 0.2) is 18.2 Å². The molecular weight excluding hydrogens is 212 g/mol. The van der Waals surface area contributed by atoms with Gasteiger partial charge in [0.2, 0.25) is 0 Å². The highest BCUT2D eigenvalue weighted by molar-refractivity contribution is 5.90. The predicted molar refractivity (Wildman–Crippen MR) is 71.7 cm³/mol. The predicted octanol–water partition coefficient (Wildman–Crippen LogP) is 2.72. The van der Waals surface area contributed by atoms with E-state index in [9.17, 15) is 0 Å². The zero-order valence-corrected chi connectivity index (χ0v) is 10.9. The normalized spacial score (nSPS) is 12.1. The number of H-pyrrole nitrogens is 1. The number of rotatable bonds is 3. The van der Waals surface area contributed by atoms with Crippen molar-refractivity contribution in [2.45, 2.75) is 26.2 Å². The molecule has 3 N–H and O–H groups in total. The molecule has 2 aromatic rings. The quantitative estimate of drug-likeness (QED) is 0.855. The summed E-state index contributed by atoms with van der Waals surface area (Å²) in [5.41, 5.74) is 9.36. The van der Waals surface area contributed by atoms with Gasteiger partial charge in [-0.1, -0.05) is 26.0 Å². The van der Waals surface area contributed by atoms with Gasteiger partial charge in [0.15, 0.2) is 0 Å². The van der Waals surface area contributed by atoms with Gasteiger partial charge in [-0.15, -0.1) is 0 Å². The summed E-state index contributed by atoms with van der Waals surface area (Å²) < 4.78 is 5.38. The minimum Gasteiger partial charge on any atom is -0.495 e. The maximum Gasteiger partial charge on any atom is 0.142 e. The number of nitrogens with two attached hydrogens (primary N) is 1. The standard InChI is InChI=1S/C14H20N2O/c1-9-12(14(2,3)8-15)10-6-5-7-11(17-4)13(10)16-9/h5-7,16H,8,15H2,1-4H3. The Morgan fingerprint density at radius 1 is 1.35 bits per heavy atom. The summed E-state index contributed by atoms with van der Waals surface area (Å²) in [6, 6.07) is 6.11. The minimum atomic E-state index is -0.0330. The third-order valence-electron chi connectivity index (χ3n) is 3.39. The number of fused-ring (bicyclic) bond motifs is 1. The molecule has 3 nitrogen and oxygen atoms in total. The molecule has 0 aliphatic carbocycles. The van der Waals surface area contributed by atoms with Gasteiger partial charge in [0.1, 0.15) is 5.75 Å². The SMILES string of the molecule is COc1cccc2c(C(C)(C)CN)c(C)[nH]c12. The number of ether oxygens (including phenoxy) is 1. The van der Waals surface area contributed by atoms with Crippen LogP contribution in [0.2, 0.25) is 0 Å². The number of hydrogen-bond donors (Lipinski definition) is 2. The van der Waals surface area contributed by atoms with E-state index < -0.39 is 0 Å². The first-order valence-corrected chi connectivity index (χ1v) is 5.87. The zero-order chi connectivity index (χ0) is 12.6. The highest BCUT2D eigenvalue weighted by atomic mass is 16.5. The molecule has 0 spiro atoms. The lowest BCUT2D eigenvalue weighted by atomic mass is 9.83. The van der Waals surface area contributed by atoms with Gasteiger partial charge in [-0.3, -0.25) is 0 Å². The van der Waals surface area contributed by atoms with Gasteiger partial charge in [0.05, 0.1) is 12.6 Å². The average Bonchev–Trinajstić information content (AvgIpc) is 2.65. The van der Waals surface area contributed by atoms with Crippen LogP contribution in [-0.4, -0.2) is 18.6 Å². The van der Waals surface area contributed by atoms with Crippen LogP contribution in [0.1, 0.15) is 25.1 Å². The van der Waals surface area contributed by atoms with E-state index in [4.69, 9.17) is 10.5 Å². The lowest BCUT2D eigenvalue weighted by Crippen LogP contribution is -2.28. The first-order chi connectivity index (χ1) is 8.01. The Morgan fingerprint density at radius 2 is 2.06 bits per heavy atom. The van der Waals surface area contributed by atoms with E-state index in [-0.39, 0.29) is 5.41 Å². The summed E-state index contributed by atoms with van der Waals surface area (Å²) in [6.45, 7) is 7.05. The Balaban J connectivity index is 2.77. The van der Waals surface area contributed by atoms with E-state index in [2.05, 4.69) is 31.8 Å². The first kappa shape index (κ1) is 12.0. The summed E-state index contributed by atoms with van der Waals surface area (Å²) in [5.74, 6) is 0.879. The van der Waals surface area contributed by atoms with E-state index in [0.717, 1.165) is 11.3 Å². The first-order valence-electron chi connectivity index (χ1n) is 5.87. The number of hydrogen-bond acceptors (Lipinski definition) is 2. The van der Waals surface area contributed by atoms with Crippen molar-refractivity contribution in [3.05, 3.63) is 29.5 Å². The molecule has 0 fully saturated rings. The number of benzene rings is 1. The maximum absolute atomic E-state index is 5.88. The fraction of sp³-hybridized carbons (Fsp3) is 0.429. The number of aromatic nitrogens is 1. The van der Waals surface area contributed by atoms with Crippen LogP contribution >= 0.6 is 0 Å². The molecule has 92 valence electrons. The van der Waals surface area contributed by atoms with Crippen molar-refractivity contribution < 1.29 is 4.74 Å². The largest absolute Gasteiger partial charge is 0.495 e. The Morgan fingerprint density at radius 3 is 2.65 bits per heavy atom. The van der Waals surface area contributed by atoms with Crippen LogP contribution in [0.25, 0.3) is 10.9 Å². The van der Waals surface area contributed by atoms with Gasteiger partial charge in [0, 0.05) is 23.0 Å². The Kier molecular flexibility index (Phi) is 2.87. The molecule has 0 unspecified atom stereocenters. The van der Waals surface area contributed by atoms with Crippen LogP contribution in [0, 0.1) is 6.92 Å². The molecule has 0 bridgehead atoms. The second-order valence-corrected chi connectivity index (χ2v) is 5.10. The summed E-state index contributed by atoms with van der Waals surface area (Å²) in [5, 5.41) is 1.21. The molecule has 0 aliphatic rings. The van der Waals surface area contributed by atoms with Crippen molar-refractivity contribution in [2.75, 3.05) is 13.7 Å². The van der Waals surface area contributed by atoms with Gasteiger partial charge < -0.3 is 15.5 Å². The second-order valence-electron chi connectivity index (χ2n) is 5.10. The fourth-order valence-corrected chi connectivity index (χ4v) is 2.46. The van der Waals surface area contributed by atoms with Crippen molar-refractivity contribution >= 4 is 10.9 Å². The molecule has 1 aromatic carbocycles. The Hall–Kier alpha value is -1.48. The van der Waals surface area contributed by atoms with Crippen LogP contribution in [0.3, 0.4) is 0 Å². The van der Waals surface area contributed by atoms with E-state index >= 15 is 0 Å². The molecule has 1 heterocycles. The zero-order valence-electron chi connectivity index (χ0n) is 10.9. The van der Waals surface area contributed by atoms with Crippen LogP contribution in [0.4, 0.5) is 0 Å². The highest BCUT2D eigenvalue weighted by Crippen LogP contribution is 2.36. The van der Waals surface area contributed by atoms with Gasteiger partial charge in [-0.05, 0) is 18.6 Å². The molecule has 3 heteroatoms. The monoisotopic (exact) mass is 232 g/mol. The van der Waals surface area contributed by atoms with Crippen molar-refractivity contribution in [3.63, 3.8) is 0 Å². The van der Waals surface area contributed by atoms with Gasteiger partial charge in [0.25, 0.3) is 0 Å². The van der Waals surface area contributed by atoms with Crippen LogP contribution < -0.4 is 10.5 Å². The van der Waals surface area contributed by atoms with Crippen molar-refractivity contribution in [3.8, 4) is 5.75 Å². The fourth-order valence-electron chi connectivity index (χ4n) is 2.46. The molecule has 0 atom stereocenters. The molecule has 0 aliphatic heterocycles.